The lowest BCUT2D eigenvalue weighted by Gasteiger charge is -2.39. The Morgan fingerprint density at radius 2 is 1.89 bits per heavy atom. The van der Waals surface area contributed by atoms with Crippen LogP contribution in [-0.4, -0.2) is 40.8 Å². The van der Waals surface area contributed by atoms with E-state index in [-0.39, 0.29) is 24.3 Å². The number of rotatable bonds is 4. The highest BCUT2D eigenvalue weighted by molar-refractivity contribution is 5.70. The number of ether oxygens (including phenoxy) is 2. The number of carbonyl (C=O) groups excluding carboxylic acids is 2. The molecule has 7 nitrogen and oxygen atoms in total. The van der Waals surface area contributed by atoms with Crippen LogP contribution in [0.15, 0.2) is 30.3 Å². The van der Waals surface area contributed by atoms with Crippen molar-refractivity contribution in [2.24, 2.45) is 0 Å². The van der Waals surface area contributed by atoms with Crippen molar-refractivity contribution in [1.29, 1.82) is 0 Å². The molecule has 1 aliphatic carbocycles. The summed E-state index contributed by atoms with van der Waals surface area (Å²) < 4.78 is 10.8. The molecular weight excluding hydrogens is 346 g/mol. The first-order valence-corrected chi connectivity index (χ1v) is 9.50. The minimum atomic E-state index is -0.552. The summed E-state index contributed by atoms with van der Waals surface area (Å²) in [7, 11) is 0. The van der Waals surface area contributed by atoms with Gasteiger partial charge in [0.15, 0.2) is 0 Å². The Morgan fingerprint density at radius 3 is 2.52 bits per heavy atom. The second-order valence-electron chi connectivity index (χ2n) is 8.38. The summed E-state index contributed by atoms with van der Waals surface area (Å²) in [5, 5.41) is 0. The van der Waals surface area contributed by atoms with Gasteiger partial charge in [-0.1, -0.05) is 30.3 Å². The minimum absolute atomic E-state index is 0.0342. The fraction of sp³-hybridized carbons (Fsp3) is 0.600. The number of nitrogens with one attached hydrogen (secondary N) is 2. The first-order chi connectivity index (χ1) is 12.8. The monoisotopic (exact) mass is 375 g/mol. The van der Waals surface area contributed by atoms with Crippen LogP contribution in [0.25, 0.3) is 0 Å². The number of piperidine rings is 1. The maximum absolute atomic E-state index is 12.7. The van der Waals surface area contributed by atoms with E-state index in [0.717, 1.165) is 31.2 Å². The van der Waals surface area contributed by atoms with E-state index in [1.807, 2.05) is 56.0 Å². The molecule has 1 aromatic carbocycles. The molecule has 2 amide bonds. The largest absolute Gasteiger partial charge is 0.445 e. The van der Waals surface area contributed by atoms with Crippen LogP contribution in [0.5, 0.6) is 0 Å². The van der Waals surface area contributed by atoms with E-state index in [1.165, 1.54) is 0 Å². The van der Waals surface area contributed by atoms with Gasteiger partial charge < -0.3 is 14.4 Å². The molecule has 1 saturated carbocycles. The average molecular weight is 375 g/mol. The zero-order chi connectivity index (χ0) is 19.5. The van der Waals surface area contributed by atoms with Crippen molar-refractivity contribution in [2.75, 3.05) is 6.54 Å². The first-order valence-electron chi connectivity index (χ1n) is 9.50. The Bertz CT molecular complexity index is 668. The van der Waals surface area contributed by atoms with Crippen molar-refractivity contribution >= 4 is 12.2 Å². The molecular formula is C20H29N3O4. The molecule has 1 aromatic rings. The van der Waals surface area contributed by atoms with E-state index in [1.54, 1.807) is 0 Å². The molecule has 2 fully saturated rings. The number of carbonyl (C=O) groups is 2. The number of nitrogens with zero attached hydrogens (tertiary/aromatic N) is 1. The lowest BCUT2D eigenvalue weighted by Crippen LogP contribution is -2.57. The predicted octanol–water partition coefficient (Wildman–Crippen LogP) is 3.35. The van der Waals surface area contributed by atoms with Gasteiger partial charge in [0.1, 0.15) is 12.2 Å². The van der Waals surface area contributed by atoms with Crippen molar-refractivity contribution in [2.45, 2.75) is 70.2 Å². The van der Waals surface area contributed by atoms with Crippen LogP contribution in [0.3, 0.4) is 0 Å². The highest BCUT2D eigenvalue weighted by Gasteiger charge is 2.53. The van der Waals surface area contributed by atoms with Crippen LogP contribution in [-0.2, 0) is 16.1 Å². The minimum Gasteiger partial charge on any atom is -0.445 e. The summed E-state index contributed by atoms with van der Waals surface area (Å²) in [4.78, 5) is 26.3. The molecule has 1 aliphatic heterocycles. The molecule has 0 aromatic heterocycles. The van der Waals surface area contributed by atoms with Crippen LogP contribution in [0.1, 0.15) is 52.0 Å². The maximum atomic E-state index is 12.7. The molecule has 3 rings (SSSR count). The number of amides is 2. The van der Waals surface area contributed by atoms with Gasteiger partial charge in [0.05, 0.1) is 0 Å². The molecule has 0 radical (unpaired) electrons. The highest BCUT2D eigenvalue weighted by Crippen LogP contribution is 2.48. The summed E-state index contributed by atoms with van der Waals surface area (Å²) in [6.07, 6.45) is 3.01. The van der Waals surface area contributed by atoms with Gasteiger partial charge in [-0.05, 0) is 52.0 Å². The smallest absolute Gasteiger partial charge is 0.422 e. The average Bonchev–Trinajstić information content (AvgIpc) is 3.38. The number of hydrazine groups is 1. The van der Waals surface area contributed by atoms with E-state index in [2.05, 4.69) is 10.9 Å². The third kappa shape index (κ3) is 5.35. The van der Waals surface area contributed by atoms with Gasteiger partial charge in [-0.2, -0.15) is 0 Å². The number of hydrogen-bond donors (Lipinski definition) is 2. The Kier molecular flexibility index (Phi) is 5.60. The van der Waals surface area contributed by atoms with Crippen LogP contribution in [0.2, 0.25) is 0 Å². The molecule has 1 unspecified atom stereocenters. The normalized spacial score (nSPS) is 20.9. The topological polar surface area (TPSA) is 79.9 Å². The Labute approximate surface area is 160 Å². The first kappa shape index (κ1) is 19.5. The van der Waals surface area contributed by atoms with Gasteiger partial charge in [0, 0.05) is 18.1 Å². The third-order valence-corrected chi connectivity index (χ3v) is 4.96. The van der Waals surface area contributed by atoms with Gasteiger partial charge >= 0.3 is 12.2 Å². The Balaban J connectivity index is 1.51. The molecule has 2 N–H and O–H groups in total. The molecule has 0 bridgehead atoms. The molecule has 7 heteroatoms. The van der Waals surface area contributed by atoms with E-state index in [4.69, 9.17) is 9.47 Å². The van der Waals surface area contributed by atoms with E-state index in [0.29, 0.717) is 6.54 Å². The second kappa shape index (κ2) is 7.76. The SMILES string of the molecule is CC(C)(C)OC(=O)NNC1CCC2(CC2)N(C(=O)OCc2ccccc2)C1. The van der Waals surface area contributed by atoms with Crippen molar-refractivity contribution < 1.29 is 19.1 Å². The van der Waals surface area contributed by atoms with E-state index in [9.17, 15) is 9.59 Å². The van der Waals surface area contributed by atoms with Crippen molar-refractivity contribution in [3.63, 3.8) is 0 Å². The van der Waals surface area contributed by atoms with Gasteiger partial charge in [-0.25, -0.2) is 15.0 Å². The molecule has 1 heterocycles. The van der Waals surface area contributed by atoms with Crippen molar-refractivity contribution in [3.05, 3.63) is 35.9 Å². The number of hydrogen-bond acceptors (Lipinski definition) is 5. The molecule has 148 valence electrons. The fourth-order valence-electron chi connectivity index (χ4n) is 3.40. The van der Waals surface area contributed by atoms with Gasteiger partial charge in [-0.15, -0.1) is 0 Å². The van der Waals surface area contributed by atoms with Gasteiger partial charge in [-0.3, -0.25) is 5.43 Å². The van der Waals surface area contributed by atoms with Crippen molar-refractivity contribution in [1.82, 2.24) is 15.8 Å². The molecule has 1 saturated heterocycles. The van der Waals surface area contributed by atoms with Crippen LogP contribution >= 0.6 is 0 Å². The zero-order valence-electron chi connectivity index (χ0n) is 16.3. The molecule has 27 heavy (non-hydrogen) atoms. The molecule has 1 spiro atoms. The Hall–Kier alpha value is -2.28. The van der Waals surface area contributed by atoms with Crippen LogP contribution in [0.4, 0.5) is 9.59 Å². The van der Waals surface area contributed by atoms with Crippen molar-refractivity contribution in [3.8, 4) is 0 Å². The van der Waals surface area contributed by atoms with Gasteiger partial charge in [0.2, 0.25) is 0 Å². The maximum Gasteiger partial charge on any atom is 0.422 e. The third-order valence-electron chi connectivity index (χ3n) is 4.96. The molecule has 1 atom stereocenters. The number of benzene rings is 1. The summed E-state index contributed by atoms with van der Waals surface area (Å²) in [6.45, 7) is 6.21. The highest BCUT2D eigenvalue weighted by atomic mass is 16.6. The lowest BCUT2D eigenvalue weighted by molar-refractivity contribution is 0.0399. The van der Waals surface area contributed by atoms with Gasteiger partial charge in [0.25, 0.3) is 0 Å². The second-order valence-corrected chi connectivity index (χ2v) is 8.38. The molecule has 2 aliphatic rings. The number of likely N-dealkylation sites (tertiary alicyclic amines) is 1. The summed E-state index contributed by atoms with van der Waals surface area (Å²) in [5.74, 6) is 0. The predicted molar refractivity (Wildman–Crippen MR) is 101 cm³/mol. The quantitative estimate of drug-likeness (QED) is 0.789. The Morgan fingerprint density at radius 1 is 1.19 bits per heavy atom. The fourth-order valence-corrected chi connectivity index (χ4v) is 3.40. The zero-order valence-corrected chi connectivity index (χ0v) is 16.3. The standard InChI is InChI=1S/C20H29N3O4/c1-19(2,3)27-17(24)22-21-16-9-10-20(11-12-20)23(13-16)18(25)26-14-15-7-5-4-6-8-15/h4-8,16,21H,9-14H2,1-3H3,(H,22,24). The summed E-state index contributed by atoms with van der Waals surface area (Å²) >= 11 is 0. The van der Waals surface area contributed by atoms with E-state index < -0.39 is 11.7 Å². The summed E-state index contributed by atoms with van der Waals surface area (Å²) in [6, 6.07) is 9.62. The van der Waals surface area contributed by atoms with Crippen LogP contribution in [0, 0.1) is 0 Å². The van der Waals surface area contributed by atoms with E-state index >= 15 is 0 Å². The van der Waals surface area contributed by atoms with Crippen LogP contribution < -0.4 is 10.9 Å². The lowest BCUT2D eigenvalue weighted by atomic mass is 9.97. The summed E-state index contributed by atoms with van der Waals surface area (Å²) in [5.41, 5.74) is 5.94.